The monoisotopic (exact) mass is 256 g/mol. The van der Waals surface area contributed by atoms with E-state index in [0.29, 0.717) is 5.92 Å². The van der Waals surface area contributed by atoms with Crippen LogP contribution in [0, 0.1) is 5.92 Å². The van der Waals surface area contributed by atoms with Gasteiger partial charge in [0.05, 0.1) is 0 Å². The highest BCUT2D eigenvalue weighted by atomic mass is 32.1. The first-order valence-corrected chi connectivity index (χ1v) is 6.94. The fraction of sp³-hybridized carbons (Fsp3) is 0.667. The molecule has 1 rings (SSSR count). The van der Waals surface area contributed by atoms with Crippen LogP contribution in [0.1, 0.15) is 44.1 Å². The van der Waals surface area contributed by atoms with Crippen molar-refractivity contribution in [3.63, 3.8) is 0 Å². The average Bonchev–Trinajstić information content (AvgIpc) is 2.80. The number of carboxylic acids is 1. The number of thiazole rings is 1. The van der Waals surface area contributed by atoms with Gasteiger partial charge in [-0.1, -0.05) is 26.7 Å². The number of carbonyl (C=O) groups is 1. The van der Waals surface area contributed by atoms with Gasteiger partial charge in [-0.15, -0.1) is 11.3 Å². The van der Waals surface area contributed by atoms with Gasteiger partial charge in [-0.05, 0) is 12.8 Å². The molecule has 0 amide bonds. The summed E-state index contributed by atoms with van der Waals surface area (Å²) in [6, 6.07) is 0. The fourth-order valence-electron chi connectivity index (χ4n) is 1.71. The number of aromatic carboxylic acids is 1. The van der Waals surface area contributed by atoms with Gasteiger partial charge in [-0.3, -0.25) is 0 Å². The SMILES string of the molecule is CCC(CC)CN(CC)c1nc(C(=O)O)cs1. The topological polar surface area (TPSA) is 53.4 Å². The van der Waals surface area contributed by atoms with Crippen molar-refractivity contribution in [2.24, 2.45) is 5.92 Å². The second-order valence-corrected chi connectivity index (χ2v) is 4.88. The molecule has 0 aromatic carbocycles. The molecule has 0 aliphatic rings. The second-order valence-electron chi connectivity index (χ2n) is 4.04. The van der Waals surface area contributed by atoms with Crippen LogP contribution in [-0.4, -0.2) is 29.1 Å². The Balaban J connectivity index is 2.75. The van der Waals surface area contributed by atoms with E-state index in [2.05, 4.69) is 30.7 Å². The van der Waals surface area contributed by atoms with Gasteiger partial charge in [-0.25, -0.2) is 9.78 Å². The fourth-order valence-corrected chi connectivity index (χ4v) is 2.58. The van der Waals surface area contributed by atoms with E-state index in [1.807, 2.05) is 0 Å². The molecule has 1 N–H and O–H groups in total. The van der Waals surface area contributed by atoms with E-state index in [-0.39, 0.29) is 5.69 Å². The molecule has 0 aliphatic heterocycles. The Bertz CT molecular complexity index is 361. The predicted octanol–water partition coefficient (Wildman–Crippen LogP) is 3.10. The van der Waals surface area contributed by atoms with E-state index in [1.54, 1.807) is 5.38 Å². The van der Waals surface area contributed by atoms with E-state index in [0.717, 1.165) is 31.1 Å². The van der Waals surface area contributed by atoms with Gasteiger partial charge in [0.25, 0.3) is 0 Å². The zero-order valence-corrected chi connectivity index (χ0v) is 11.5. The molecule has 1 aromatic rings. The van der Waals surface area contributed by atoms with Crippen LogP contribution >= 0.6 is 11.3 Å². The maximum Gasteiger partial charge on any atom is 0.355 e. The molecule has 1 aromatic heterocycles. The van der Waals surface area contributed by atoms with Crippen molar-refractivity contribution in [3.8, 4) is 0 Å². The van der Waals surface area contributed by atoms with Gasteiger partial charge in [0.1, 0.15) is 0 Å². The summed E-state index contributed by atoms with van der Waals surface area (Å²) < 4.78 is 0. The predicted molar refractivity (Wildman–Crippen MR) is 71.0 cm³/mol. The maximum atomic E-state index is 10.8. The van der Waals surface area contributed by atoms with Crippen LogP contribution in [-0.2, 0) is 0 Å². The zero-order valence-electron chi connectivity index (χ0n) is 10.6. The summed E-state index contributed by atoms with van der Waals surface area (Å²) >= 11 is 1.41. The highest BCUT2D eigenvalue weighted by molar-refractivity contribution is 7.13. The Kier molecular flexibility index (Phi) is 5.41. The summed E-state index contributed by atoms with van der Waals surface area (Å²) in [5.74, 6) is -0.307. The molecule has 0 saturated carbocycles. The lowest BCUT2D eigenvalue weighted by atomic mass is 10.0. The molecule has 0 fully saturated rings. The minimum atomic E-state index is -0.953. The highest BCUT2D eigenvalue weighted by Crippen LogP contribution is 2.22. The van der Waals surface area contributed by atoms with Crippen LogP contribution in [0.25, 0.3) is 0 Å². The summed E-state index contributed by atoms with van der Waals surface area (Å²) in [7, 11) is 0. The van der Waals surface area contributed by atoms with Crippen molar-refractivity contribution in [1.82, 2.24) is 4.98 Å². The van der Waals surface area contributed by atoms with E-state index in [4.69, 9.17) is 5.11 Å². The van der Waals surface area contributed by atoms with E-state index < -0.39 is 5.97 Å². The van der Waals surface area contributed by atoms with Gasteiger partial charge in [-0.2, -0.15) is 0 Å². The lowest BCUT2D eigenvalue weighted by Crippen LogP contribution is -2.28. The molecular formula is C12H20N2O2S. The van der Waals surface area contributed by atoms with Gasteiger partial charge in [0.15, 0.2) is 10.8 Å². The van der Waals surface area contributed by atoms with Crippen LogP contribution in [0.15, 0.2) is 5.38 Å². The van der Waals surface area contributed by atoms with Gasteiger partial charge in [0.2, 0.25) is 0 Å². The third kappa shape index (κ3) is 3.70. The molecule has 0 aliphatic carbocycles. The first-order valence-electron chi connectivity index (χ1n) is 6.06. The number of carboxylic acid groups (broad SMARTS) is 1. The number of nitrogens with zero attached hydrogens (tertiary/aromatic N) is 2. The van der Waals surface area contributed by atoms with Crippen LogP contribution in [0.5, 0.6) is 0 Å². The third-order valence-electron chi connectivity index (χ3n) is 3.00. The standard InChI is InChI=1S/C12H20N2O2S/c1-4-9(5-2)7-14(6-3)12-13-10(8-17-12)11(15)16/h8-9H,4-7H2,1-3H3,(H,15,16). The molecule has 0 unspecified atom stereocenters. The molecule has 0 spiro atoms. The Morgan fingerprint density at radius 3 is 2.53 bits per heavy atom. The average molecular weight is 256 g/mol. The van der Waals surface area contributed by atoms with Crippen molar-refractivity contribution in [1.29, 1.82) is 0 Å². The van der Waals surface area contributed by atoms with Crippen LogP contribution in [0.3, 0.4) is 0 Å². The van der Waals surface area contributed by atoms with Crippen molar-refractivity contribution in [2.75, 3.05) is 18.0 Å². The van der Waals surface area contributed by atoms with E-state index >= 15 is 0 Å². The largest absolute Gasteiger partial charge is 0.476 e. The number of anilines is 1. The first kappa shape index (κ1) is 14.0. The van der Waals surface area contributed by atoms with Crippen LogP contribution in [0.4, 0.5) is 5.13 Å². The molecule has 0 atom stereocenters. The lowest BCUT2D eigenvalue weighted by molar-refractivity contribution is 0.0691. The summed E-state index contributed by atoms with van der Waals surface area (Å²) in [5, 5.41) is 11.3. The minimum absolute atomic E-state index is 0.146. The number of hydrogen-bond acceptors (Lipinski definition) is 4. The van der Waals surface area contributed by atoms with Crippen LogP contribution in [0.2, 0.25) is 0 Å². The molecule has 5 heteroatoms. The van der Waals surface area contributed by atoms with Crippen molar-refractivity contribution >= 4 is 22.4 Å². The van der Waals surface area contributed by atoms with Gasteiger partial charge in [0, 0.05) is 18.5 Å². The van der Waals surface area contributed by atoms with Gasteiger partial charge < -0.3 is 10.0 Å². The zero-order chi connectivity index (χ0) is 12.8. The highest BCUT2D eigenvalue weighted by Gasteiger charge is 2.15. The maximum absolute atomic E-state index is 10.8. The summed E-state index contributed by atoms with van der Waals surface area (Å²) in [6.45, 7) is 8.27. The molecule has 1 heterocycles. The van der Waals surface area contributed by atoms with Crippen molar-refractivity contribution in [2.45, 2.75) is 33.6 Å². The summed E-state index contributed by atoms with van der Waals surface area (Å²) in [6.07, 6.45) is 2.29. The Labute approximate surface area is 106 Å². The molecule has 0 radical (unpaired) electrons. The number of hydrogen-bond donors (Lipinski definition) is 1. The molecule has 0 bridgehead atoms. The minimum Gasteiger partial charge on any atom is -0.476 e. The quantitative estimate of drug-likeness (QED) is 0.814. The lowest BCUT2D eigenvalue weighted by Gasteiger charge is -2.24. The molecule has 0 saturated heterocycles. The second kappa shape index (κ2) is 6.59. The Morgan fingerprint density at radius 1 is 1.47 bits per heavy atom. The van der Waals surface area contributed by atoms with Gasteiger partial charge >= 0.3 is 5.97 Å². The molecule has 96 valence electrons. The molecule has 17 heavy (non-hydrogen) atoms. The summed E-state index contributed by atoms with van der Waals surface area (Å²) in [5.41, 5.74) is 0.146. The third-order valence-corrected chi connectivity index (χ3v) is 3.90. The van der Waals surface area contributed by atoms with Crippen molar-refractivity contribution < 1.29 is 9.90 Å². The van der Waals surface area contributed by atoms with E-state index in [9.17, 15) is 4.79 Å². The summed E-state index contributed by atoms with van der Waals surface area (Å²) in [4.78, 5) is 17.1. The Hall–Kier alpha value is -1.10. The molecular weight excluding hydrogens is 236 g/mol. The van der Waals surface area contributed by atoms with E-state index in [1.165, 1.54) is 11.3 Å². The van der Waals surface area contributed by atoms with Crippen LogP contribution < -0.4 is 4.90 Å². The Morgan fingerprint density at radius 2 is 2.12 bits per heavy atom. The number of aromatic nitrogens is 1. The normalized spacial score (nSPS) is 10.8. The van der Waals surface area contributed by atoms with Crippen molar-refractivity contribution in [3.05, 3.63) is 11.1 Å². The first-order chi connectivity index (χ1) is 8.12. The molecule has 4 nitrogen and oxygen atoms in total. The number of rotatable bonds is 7. The smallest absolute Gasteiger partial charge is 0.355 e.